The maximum absolute atomic E-state index is 11.7. The van der Waals surface area contributed by atoms with E-state index in [2.05, 4.69) is 15.8 Å². The van der Waals surface area contributed by atoms with Gasteiger partial charge in [0.1, 0.15) is 0 Å². The molecule has 1 rings (SSSR count). The molecule has 0 saturated heterocycles. The van der Waals surface area contributed by atoms with Crippen molar-refractivity contribution in [1.82, 2.24) is 10.5 Å². The Bertz CT molecular complexity index is 562. The number of urea groups is 1. The second-order valence-corrected chi connectivity index (χ2v) is 5.64. The quantitative estimate of drug-likeness (QED) is 0.762. The van der Waals surface area contributed by atoms with E-state index in [1.165, 1.54) is 0 Å². The van der Waals surface area contributed by atoms with Gasteiger partial charge in [-0.25, -0.2) is 4.79 Å². The topological polar surface area (TPSA) is 122 Å². The minimum Gasteiger partial charge on any atom is -0.481 e. The molecule has 3 N–H and O–H groups in total. The molecule has 0 bridgehead atoms. The zero-order valence-electron chi connectivity index (χ0n) is 12.4. The summed E-state index contributed by atoms with van der Waals surface area (Å²) in [6, 6.07) is -0.745. The predicted molar refractivity (Wildman–Crippen MR) is 73.8 cm³/mol. The first-order chi connectivity index (χ1) is 9.60. The van der Waals surface area contributed by atoms with Gasteiger partial charge in [0.05, 0.1) is 12.1 Å². The van der Waals surface area contributed by atoms with Crippen LogP contribution in [0.1, 0.15) is 37.9 Å². The largest absolute Gasteiger partial charge is 0.481 e. The fourth-order valence-electron chi connectivity index (χ4n) is 1.74. The highest BCUT2D eigenvalue weighted by molar-refractivity contribution is 6.01. The molecule has 0 aromatic carbocycles. The maximum Gasteiger partial charge on any atom is 0.328 e. The number of aliphatic carboxylic acids is 1. The van der Waals surface area contributed by atoms with Crippen LogP contribution in [0.3, 0.4) is 0 Å². The normalized spacial score (nSPS) is 11.0. The van der Waals surface area contributed by atoms with E-state index in [1.807, 2.05) is 0 Å². The summed E-state index contributed by atoms with van der Waals surface area (Å²) >= 11 is 0. The summed E-state index contributed by atoms with van der Waals surface area (Å²) in [5, 5.41) is 16.9. The fraction of sp³-hybridized carbons (Fsp3) is 0.538. The van der Waals surface area contributed by atoms with Crippen LogP contribution in [0.15, 0.2) is 4.52 Å². The van der Waals surface area contributed by atoms with Crippen molar-refractivity contribution < 1.29 is 24.0 Å². The average Bonchev–Trinajstić information content (AvgIpc) is 2.57. The van der Waals surface area contributed by atoms with Gasteiger partial charge in [0.25, 0.3) is 0 Å². The Morgan fingerprint density at radius 1 is 1.24 bits per heavy atom. The van der Waals surface area contributed by atoms with Crippen LogP contribution in [-0.4, -0.2) is 28.2 Å². The van der Waals surface area contributed by atoms with Crippen LogP contribution in [0.4, 0.5) is 10.7 Å². The molecule has 0 aliphatic rings. The summed E-state index contributed by atoms with van der Waals surface area (Å²) < 4.78 is 4.89. The zero-order chi connectivity index (χ0) is 16.2. The Balaban J connectivity index is 2.53. The van der Waals surface area contributed by atoms with Crippen molar-refractivity contribution in [3.8, 4) is 0 Å². The summed E-state index contributed by atoms with van der Waals surface area (Å²) in [6.45, 7) is 6.73. The summed E-state index contributed by atoms with van der Waals surface area (Å²) in [4.78, 5) is 34.0. The number of nitrogens with one attached hydrogen (secondary N) is 2. The van der Waals surface area contributed by atoms with Gasteiger partial charge in [0.2, 0.25) is 11.8 Å². The molecule has 8 heteroatoms. The summed E-state index contributed by atoms with van der Waals surface area (Å²) in [5.41, 5.74) is 0.567. The van der Waals surface area contributed by atoms with E-state index < -0.39 is 23.3 Å². The third-order valence-corrected chi connectivity index (χ3v) is 2.91. The molecule has 1 aromatic rings. The molecule has 0 aliphatic heterocycles. The molecule has 0 aliphatic carbocycles. The highest BCUT2D eigenvalue weighted by atomic mass is 16.5. The van der Waals surface area contributed by atoms with E-state index in [9.17, 15) is 14.4 Å². The van der Waals surface area contributed by atoms with E-state index >= 15 is 0 Å². The number of imide groups is 1. The molecule has 0 radical (unpaired) electrons. The standard InChI is InChI=1S/C13H19N3O5/c1-7-8(2)16-21-11(7)15-12(20)14-9(17)5-13(3,4)6-10(18)19/h5-6H2,1-4H3,(H,18,19)(H2,14,15,17,20). The van der Waals surface area contributed by atoms with Gasteiger partial charge in [0, 0.05) is 12.0 Å². The number of anilines is 1. The number of hydrogen-bond acceptors (Lipinski definition) is 5. The monoisotopic (exact) mass is 297 g/mol. The first-order valence-corrected chi connectivity index (χ1v) is 6.36. The number of aromatic nitrogens is 1. The van der Waals surface area contributed by atoms with Crippen LogP contribution in [0.5, 0.6) is 0 Å². The lowest BCUT2D eigenvalue weighted by Gasteiger charge is -2.21. The number of hydrogen-bond donors (Lipinski definition) is 3. The number of carbonyl (C=O) groups is 3. The van der Waals surface area contributed by atoms with Crippen LogP contribution >= 0.6 is 0 Å². The minimum absolute atomic E-state index is 0.0822. The third-order valence-electron chi connectivity index (χ3n) is 2.91. The Kier molecular flexibility index (Phi) is 5.07. The zero-order valence-corrected chi connectivity index (χ0v) is 12.4. The molecule has 0 fully saturated rings. The second-order valence-electron chi connectivity index (χ2n) is 5.64. The molecule has 0 atom stereocenters. The van der Waals surface area contributed by atoms with Crippen molar-refractivity contribution in [1.29, 1.82) is 0 Å². The molecule has 1 heterocycles. The summed E-state index contributed by atoms with van der Waals surface area (Å²) in [5.74, 6) is -1.39. The van der Waals surface area contributed by atoms with Crippen molar-refractivity contribution in [2.45, 2.75) is 40.5 Å². The summed E-state index contributed by atoms with van der Waals surface area (Å²) in [7, 11) is 0. The predicted octanol–water partition coefficient (Wildman–Crippen LogP) is 1.83. The Labute approximate surface area is 121 Å². The highest BCUT2D eigenvalue weighted by Crippen LogP contribution is 2.24. The van der Waals surface area contributed by atoms with Crippen LogP contribution in [-0.2, 0) is 9.59 Å². The van der Waals surface area contributed by atoms with Gasteiger partial charge in [0.15, 0.2) is 0 Å². The van der Waals surface area contributed by atoms with Crippen LogP contribution in [0.2, 0.25) is 0 Å². The number of carboxylic acid groups (broad SMARTS) is 1. The molecule has 0 unspecified atom stereocenters. The van der Waals surface area contributed by atoms with E-state index in [1.54, 1.807) is 27.7 Å². The Hall–Kier alpha value is -2.38. The molecular weight excluding hydrogens is 278 g/mol. The molecular formula is C13H19N3O5. The first kappa shape index (κ1) is 16.7. The van der Waals surface area contributed by atoms with Gasteiger partial charge < -0.3 is 9.63 Å². The maximum atomic E-state index is 11.7. The van der Waals surface area contributed by atoms with Gasteiger partial charge in [-0.2, -0.15) is 0 Å². The first-order valence-electron chi connectivity index (χ1n) is 6.36. The van der Waals surface area contributed by atoms with Crippen molar-refractivity contribution in [3.63, 3.8) is 0 Å². The number of carbonyl (C=O) groups excluding carboxylic acids is 2. The number of amides is 3. The average molecular weight is 297 g/mol. The van der Waals surface area contributed by atoms with Gasteiger partial charge >= 0.3 is 12.0 Å². The molecule has 3 amide bonds. The third kappa shape index (κ3) is 5.25. The molecule has 116 valence electrons. The summed E-state index contributed by atoms with van der Waals surface area (Å²) in [6.07, 6.45) is -0.246. The smallest absolute Gasteiger partial charge is 0.328 e. The molecule has 8 nitrogen and oxygen atoms in total. The Morgan fingerprint density at radius 3 is 2.33 bits per heavy atom. The number of aryl methyl sites for hydroxylation is 1. The van der Waals surface area contributed by atoms with Crippen LogP contribution < -0.4 is 10.6 Å². The number of carboxylic acids is 1. The van der Waals surface area contributed by atoms with Crippen LogP contribution in [0, 0.1) is 19.3 Å². The van der Waals surface area contributed by atoms with E-state index in [0.717, 1.165) is 0 Å². The van der Waals surface area contributed by atoms with Crippen molar-refractivity contribution >= 4 is 23.8 Å². The number of nitrogens with zero attached hydrogens (tertiary/aromatic N) is 1. The highest BCUT2D eigenvalue weighted by Gasteiger charge is 2.26. The molecule has 1 aromatic heterocycles. The molecule has 0 saturated carbocycles. The molecule has 21 heavy (non-hydrogen) atoms. The SMILES string of the molecule is Cc1noc(NC(=O)NC(=O)CC(C)(C)CC(=O)O)c1C. The van der Waals surface area contributed by atoms with Crippen molar-refractivity contribution in [2.75, 3.05) is 5.32 Å². The van der Waals surface area contributed by atoms with Gasteiger partial charge in [-0.15, -0.1) is 0 Å². The minimum atomic E-state index is -0.995. The number of rotatable bonds is 5. The van der Waals surface area contributed by atoms with Crippen molar-refractivity contribution in [3.05, 3.63) is 11.3 Å². The van der Waals surface area contributed by atoms with Gasteiger partial charge in [-0.1, -0.05) is 19.0 Å². The van der Waals surface area contributed by atoms with E-state index in [0.29, 0.717) is 11.3 Å². The van der Waals surface area contributed by atoms with E-state index in [4.69, 9.17) is 9.63 Å². The lowest BCUT2D eigenvalue weighted by atomic mass is 9.85. The van der Waals surface area contributed by atoms with Crippen molar-refractivity contribution in [2.24, 2.45) is 5.41 Å². The van der Waals surface area contributed by atoms with Crippen LogP contribution in [0.25, 0.3) is 0 Å². The lowest BCUT2D eigenvalue weighted by Crippen LogP contribution is -2.37. The Morgan fingerprint density at radius 2 is 1.86 bits per heavy atom. The second kappa shape index (κ2) is 6.38. The van der Waals surface area contributed by atoms with Gasteiger partial charge in [-0.05, 0) is 19.3 Å². The fourth-order valence-corrected chi connectivity index (χ4v) is 1.74. The lowest BCUT2D eigenvalue weighted by molar-refractivity contribution is -0.139. The molecule has 0 spiro atoms. The van der Waals surface area contributed by atoms with E-state index in [-0.39, 0.29) is 18.7 Å². The van der Waals surface area contributed by atoms with Gasteiger partial charge in [-0.3, -0.25) is 20.2 Å².